The van der Waals surface area contributed by atoms with Crippen LogP contribution in [-0.2, 0) is 4.79 Å². The molecule has 1 fully saturated rings. The summed E-state index contributed by atoms with van der Waals surface area (Å²) < 4.78 is 0. The van der Waals surface area contributed by atoms with Crippen molar-refractivity contribution in [2.24, 2.45) is 5.92 Å². The van der Waals surface area contributed by atoms with Crippen LogP contribution in [0.5, 0.6) is 0 Å². The first kappa shape index (κ1) is 11.6. The molecule has 5 nitrogen and oxygen atoms in total. The van der Waals surface area contributed by atoms with Gasteiger partial charge < -0.3 is 0 Å². The molecule has 1 aliphatic heterocycles. The number of hydrogen-bond acceptors (Lipinski definition) is 3. The maximum Gasteiger partial charge on any atom is 0.328 e. The number of imide groups is 1. The molecule has 0 aliphatic carbocycles. The fraction of sp³-hybridized carbons (Fsp3) is 0.214. The summed E-state index contributed by atoms with van der Waals surface area (Å²) in [5, 5.41) is 3.33. The van der Waals surface area contributed by atoms with Crippen LogP contribution in [-0.4, -0.2) is 23.5 Å². The molecule has 1 N–H and O–H groups in total. The molecule has 1 saturated heterocycles. The smallest absolute Gasteiger partial charge is 0.293 e. The van der Waals surface area contributed by atoms with Gasteiger partial charge in [0.15, 0.2) is 0 Å². The Balaban J connectivity index is 1.99. The second-order valence-electron chi connectivity index (χ2n) is 4.69. The minimum atomic E-state index is -0.369. The molecule has 0 spiro atoms. The Morgan fingerprint density at radius 3 is 3.00 bits per heavy atom. The van der Waals surface area contributed by atoms with Crippen LogP contribution in [0.4, 0.5) is 10.5 Å². The molecule has 19 heavy (non-hydrogen) atoms. The molecule has 0 saturated carbocycles. The first-order chi connectivity index (χ1) is 9.15. The Bertz CT molecular complexity index is 669. The summed E-state index contributed by atoms with van der Waals surface area (Å²) in [5.41, 5.74) is 1.66. The monoisotopic (exact) mass is 255 g/mol. The van der Waals surface area contributed by atoms with E-state index in [0.717, 1.165) is 16.6 Å². The van der Waals surface area contributed by atoms with Crippen molar-refractivity contribution in [2.75, 3.05) is 11.4 Å². The average Bonchev–Trinajstić information content (AvgIpc) is 2.42. The van der Waals surface area contributed by atoms with Gasteiger partial charge in [-0.15, -0.1) is 0 Å². The summed E-state index contributed by atoms with van der Waals surface area (Å²) in [6.45, 7) is 2.20. The van der Waals surface area contributed by atoms with E-state index in [1.165, 1.54) is 0 Å². The minimum absolute atomic E-state index is 0.206. The maximum absolute atomic E-state index is 11.9. The van der Waals surface area contributed by atoms with Crippen molar-refractivity contribution in [1.29, 1.82) is 0 Å². The van der Waals surface area contributed by atoms with E-state index < -0.39 is 0 Å². The van der Waals surface area contributed by atoms with Crippen molar-refractivity contribution >= 4 is 28.5 Å². The molecule has 1 aromatic carbocycles. The molecular formula is C14H13N3O2. The van der Waals surface area contributed by atoms with Gasteiger partial charge >= 0.3 is 6.03 Å². The first-order valence-electron chi connectivity index (χ1n) is 6.12. The average molecular weight is 255 g/mol. The summed E-state index contributed by atoms with van der Waals surface area (Å²) >= 11 is 0. The number of hydrogen-bond donors (Lipinski definition) is 1. The number of aromatic nitrogens is 1. The lowest BCUT2D eigenvalue weighted by Crippen LogP contribution is -2.53. The van der Waals surface area contributed by atoms with Crippen LogP contribution in [0, 0.1) is 5.92 Å². The van der Waals surface area contributed by atoms with Crippen LogP contribution in [0.1, 0.15) is 6.92 Å². The number of benzene rings is 1. The van der Waals surface area contributed by atoms with E-state index in [1.54, 1.807) is 18.0 Å². The van der Waals surface area contributed by atoms with Gasteiger partial charge in [-0.05, 0) is 24.3 Å². The third-order valence-electron chi connectivity index (χ3n) is 3.28. The standard InChI is InChI=1S/C14H13N3O2/c1-9-8-17(14(19)16-13(9)18)11-4-5-12-10(7-11)3-2-6-15-12/h2-7,9H,8H2,1H3,(H,16,18,19). The number of amides is 3. The molecule has 1 unspecified atom stereocenters. The van der Waals surface area contributed by atoms with Crippen LogP contribution in [0.3, 0.4) is 0 Å². The molecule has 3 rings (SSSR count). The number of carbonyl (C=O) groups excluding carboxylic acids is 2. The van der Waals surface area contributed by atoms with E-state index in [2.05, 4.69) is 10.3 Å². The fourth-order valence-corrected chi connectivity index (χ4v) is 2.19. The molecule has 1 atom stereocenters. The Morgan fingerprint density at radius 2 is 2.16 bits per heavy atom. The topological polar surface area (TPSA) is 62.3 Å². The zero-order valence-electron chi connectivity index (χ0n) is 10.5. The second-order valence-corrected chi connectivity index (χ2v) is 4.69. The molecule has 2 heterocycles. The van der Waals surface area contributed by atoms with E-state index in [0.29, 0.717) is 6.54 Å². The third-order valence-corrected chi connectivity index (χ3v) is 3.28. The molecule has 0 radical (unpaired) electrons. The Morgan fingerprint density at radius 1 is 1.32 bits per heavy atom. The summed E-state index contributed by atoms with van der Waals surface area (Å²) in [7, 11) is 0. The number of rotatable bonds is 1. The molecule has 3 amide bonds. The van der Waals surface area contributed by atoms with E-state index in [4.69, 9.17) is 0 Å². The summed E-state index contributed by atoms with van der Waals surface area (Å²) in [5.74, 6) is -0.425. The highest BCUT2D eigenvalue weighted by atomic mass is 16.2. The minimum Gasteiger partial charge on any atom is -0.293 e. The van der Waals surface area contributed by atoms with Gasteiger partial charge in [0.05, 0.1) is 11.4 Å². The number of urea groups is 1. The van der Waals surface area contributed by atoms with Crippen molar-refractivity contribution in [2.45, 2.75) is 6.92 Å². The largest absolute Gasteiger partial charge is 0.328 e. The van der Waals surface area contributed by atoms with Gasteiger partial charge in [0.25, 0.3) is 0 Å². The summed E-state index contributed by atoms with van der Waals surface area (Å²) in [4.78, 5) is 29.1. The van der Waals surface area contributed by atoms with Gasteiger partial charge in [0, 0.05) is 23.8 Å². The highest BCUT2D eigenvalue weighted by molar-refractivity contribution is 6.07. The lowest BCUT2D eigenvalue weighted by molar-refractivity contribution is -0.123. The highest BCUT2D eigenvalue weighted by Crippen LogP contribution is 2.23. The summed E-state index contributed by atoms with van der Waals surface area (Å²) in [6, 6.07) is 9.06. The quantitative estimate of drug-likeness (QED) is 0.846. The van der Waals surface area contributed by atoms with E-state index in [-0.39, 0.29) is 17.9 Å². The van der Waals surface area contributed by atoms with Crippen LogP contribution in [0.2, 0.25) is 0 Å². The SMILES string of the molecule is CC1CN(c2ccc3ncccc3c2)C(=O)NC1=O. The third kappa shape index (κ3) is 2.03. The lowest BCUT2D eigenvalue weighted by Gasteiger charge is -2.30. The predicted molar refractivity (Wildman–Crippen MR) is 71.8 cm³/mol. The number of nitrogens with zero attached hydrogens (tertiary/aromatic N) is 2. The van der Waals surface area contributed by atoms with Crippen molar-refractivity contribution in [1.82, 2.24) is 10.3 Å². The van der Waals surface area contributed by atoms with Crippen LogP contribution in [0.25, 0.3) is 10.9 Å². The molecule has 96 valence electrons. The molecule has 0 bridgehead atoms. The van der Waals surface area contributed by atoms with E-state index in [1.807, 2.05) is 30.3 Å². The lowest BCUT2D eigenvalue weighted by atomic mass is 10.1. The Labute approximate surface area is 110 Å². The molecule has 1 aromatic heterocycles. The molecular weight excluding hydrogens is 242 g/mol. The van der Waals surface area contributed by atoms with Gasteiger partial charge in [-0.1, -0.05) is 13.0 Å². The van der Waals surface area contributed by atoms with Gasteiger partial charge in [0.1, 0.15) is 0 Å². The molecule has 5 heteroatoms. The fourth-order valence-electron chi connectivity index (χ4n) is 2.19. The van der Waals surface area contributed by atoms with E-state index in [9.17, 15) is 9.59 Å². The normalized spacial score (nSPS) is 19.6. The number of carbonyl (C=O) groups is 2. The van der Waals surface area contributed by atoms with E-state index >= 15 is 0 Å². The number of pyridine rings is 1. The number of fused-ring (bicyclic) bond motifs is 1. The Hall–Kier alpha value is -2.43. The molecule has 2 aromatic rings. The first-order valence-corrected chi connectivity index (χ1v) is 6.12. The zero-order chi connectivity index (χ0) is 13.4. The van der Waals surface area contributed by atoms with Crippen LogP contribution >= 0.6 is 0 Å². The number of nitrogens with one attached hydrogen (secondary N) is 1. The zero-order valence-corrected chi connectivity index (χ0v) is 10.5. The number of anilines is 1. The van der Waals surface area contributed by atoms with Crippen molar-refractivity contribution in [3.8, 4) is 0 Å². The maximum atomic E-state index is 11.9. The van der Waals surface area contributed by atoms with Crippen LogP contribution in [0.15, 0.2) is 36.5 Å². The van der Waals surface area contributed by atoms with Crippen LogP contribution < -0.4 is 10.2 Å². The van der Waals surface area contributed by atoms with Crippen molar-refractivity contribution < 1.29 is 9.59 Å². The van der Waals surface area contributed by atoms with Gasteiger partial charge in [-0.3, -0.25) is 20.0 Å². The molecule has 1 aliphatic rings. The Kier molecular flexibility index (Phi) is 2.67. The van der Waals surface area contributed by atoms with Crippen molar-refractivity contribution in [3.63, 3.8) is 0 Å². The summed E-state index contributed by atoms with van der Waals surface area (Å²) in [6.07, 6.45) is 1.73. The van der Waals surface area contributed by atoms with Gasteiger partial charge in [-0.2, -0.15) is 0 Å². The predicted octanol–water partition coefficient (Wildman–Crippen LogP) is 1.93. The second kappa shape index (κ2) is 4.35. The van der Waals surface area contributed by atoms with Gasteiger partial charge in [-0.25, -0.2) is 4.79 Å². The van der Waals surface area contributed by atoms with Gasteiger partial charge in [0.2, 0.25) is 5.91 Å². The van der Waals surface area contributed by atoms with Crippen molar-refractivity contribution in [3.05, 3.63) is 36.5 Å². The highest BCUT2D eigenvalue weighted by Gasteiger charge is 2.29.